The van der Waals surface area contributed by atoms with E-state index in [1.54, 1.807) is 11.0 Å². The van der Waals surface area contributed by atoms with E-state index in [1.807, 2.05) is 38.2 Å². The molecular formula is C15H16N4O. The molecule has 0 spiro atoms. The molecule has 2 heterocycles. The van der Waals surface area contributed by atoms with Crippen molar-refractivity contribution in [2.75, 3.05) is 0 Å². The Labute approximate surface area is 116 Å². The minimum atomic E-state index is 0.0594. The van der Waals surface area contributed by atoms with Gasteiger partial charge in [-0.05, 0) is 19.4 Å². The van der Waals surface area contributed by atoms with E-state index in [2.05, 4.69) is 15.1 Å². The Morgan fingerprint density at radius 3 is 2.90 bits per heavy atom. The van der Waals surface area contributed by atoms with Gasteiger partial charge in [-0.15, -0.1) is 0 Å². The minimum Gasteiger partial charge on any atom is -0.348 e. The van der Waals surface area contributed by atoms with Crippen molar-refractivity contribution in [1.82, 2.24) is 19.7 Å². The van der Waals surface area contributed by atoms with E-state index >= 15 is 0 Å². The van der Waals surface area contributed by atoms with E-state index in [0.717, 1.165) is 22.3 Å². The first-order valence-corrected chi connectivity index (χ1v) is 6.60. The van der Waals surface area contributed by atoms with Crippen LogP contribution >= 0.6 is 0 Å². The van der Waals surface area contributed by atoms with E-state index < -0.39 is 0 Å². The van der Waals surface area contributed by atoms with Crippen LogP contribution in [0.4, 0.5) is 0 Å². The third-order valence-electron chi connectivity index (χ3n) is 3.55. The molecule has 5 heteroatoms. The smallest absolute Gasteiger partial charge is 0.184 e. The van der Waals surface area contributed by atoms with Gasteiger partial charge in [0.25, 0.3) is 0 Å². The molecular weight excluding hydrogens is 252 g/mol. The first-order valence-electron chi connectivity index (χ1n) is 6.60. The van der Waals surface area contributed by atoms with Crippen molar-refractivity contribution < 1.29 is 4.79 Å². The lowest BCUT2D eigenvalue weighted by atomic mass is 10.1. The standard InChI is InChI=1S/C15H16N4O/c1-10-12(17-9-16-10)7-8-14(20)15-11-5-3-4-6-13(11)19(2)18-15/h3-6,9H,7-8H2,1-2H3,(H,16,17). The van der Waals surface area contributed by atoms with Gasteiger partial charge in [0.2, 0.25) is 0 Å². The molecule has 0 aliphatic heterocycles. The number of hydrogen-bond donors (Lipinski definition) is 1. The second-order valence-corrected chi connectivity index (χ2v) is 4.89. The van der Waals surface area contributed by atoms with Gasteiger partial charge in [0.15, 0.2) is 5.78 Å². The number of nitrogens with one attached hydrogen (secondary N) is 1. The lowest BCUT2D eigenvalue weighted by Gasteiger charge is -1.98. The van der Waals surface area contributed by atoms with Crippen LogP contribution in [0.25, 0.3) is 10.9 Å². The second-order valence-electron chi connectivity index (χ2n) is 4.89. The molecule has 102 valence electrons. The molecule has 0 aliphatic carbocycles. The summed E-state index contributed by atoms with van der Waals surface area (Å²) in [6.07, 6.45) is 2.72. The summed E-state index contributed by atoms with van der Waals surface area (Å²) < 4.78 is 1.75. The monoisotopic (exact) mass is 268 g/mol. The van der Waals surface area contributed by atoms with Crippen molar-refractivity contribution in [3.63, 3.8) is 0 Å². The highest BCUT2D eigenvalue weighted by Gasteiger charge is 2.16. The normalized spacial score (nSPS) is 11.1. The molecule has 2 aromatic heterocycles. The number of carbonyl (C=O) groups excluding carboxylic acids is 1. The second kappa shape index (κ2) is 4.92. The van der Waals surface area contributed by atoms with E-state index in [-0.39, 0.29) is 5.78 Å². The van der Waals surface area contributed by atoms with Gasteiger partial charge < -0.3 is 4.98 Å². The van der Waals surface area contributed by atoms with Gasteiger partial charge in [-0.1, -0.05) is 18.2 Å². The summed E-state index contributed by atoms with van der Waals surface area (Å²) in [4.78, 5) is 19.6. The van der Waals surface area contributed by atoms with Crippen molar-refractivity contribution >= 4 is 16.7 Å². The molecule has 0 saturated carbocycles. The largest absolute Gasteiger partial charge is 0.348 e. The molecule has 0 fully saturated rings. The molecule has 1 aromatic carbocycles. The molecule has 3 rings (SSSR count). The number of Topliss-reactive ketones (excluding diaryl/α,β-unsaturated/α-hetero) is 1. The Morgan fingerprint density at radius 1 is 1.35 bits per heavy atom. The van der Waals surface area contributed by atoms with Crippen molar-refractivity contribution in [1.29, 1.82) is 0 Å². The summed E-state index contributed by atoms with van der Waals surface area (Å²) in [6, 6.07) is 7.79. The minimum absolute atomic E-state index is 0.0594. The highest BCUT2D eigenvalue weighted by molar-refractivity contribution is 6.06. The number of aryl methyl sites for hydroxylation is 3. The van der Waals surface area contributed by atoms with Gasteiger partial charge in [0, 0.05) is 24.5 Å². The Morgan fingerprint density at radius 2 is 2.15 bits per heavy atom. The number of nitrogens with zero attached hydrogens (tertiary/aromatic N) is 3. The molecule has 0 aliphatic rings. The first-order chi connectivity index (χ1) is 9.66. The Bertz CT molecular complexity index is 769. The lowest BCUT2D eigenvalue weighted by Crippen LogP contribution is -2.04. The number of aromatic amines is 1. The number of rotatable bonds is 4. The van der Waals surface area contributed by atoms with Crippen molar-refractivity contribution in [2.45, 2.75) is 19.8 Å². The fraction of sp³-hybridized carbons (Fsp3) is 0.267. The number of aromatic nitrogens is 4. The van der Waals surface area contributed by atoms with Gasteiger partial charge >= 0.3 is 0 Å². The van der Waals surface area contributed by atoms with E-state index in [1.165, 1.54) is 0 Å². The summed E-state index contributed by atoms with van der Waals surface area (Å²) in [7, 11) is 1.86. The highest BCUT2D eigenvalue weighted by Crippen LogP contribution is 2.19. The molecule has 1 N–H and O–H groups in total. The summed E-state index contributed by atoms with van der Waals surface area (Å²) in [5.74, 6) is 0.0594. The molecule has 5 nitrogen and oxygen atoms in total. The zero-order valence-corrected chi connectivity index (χ0v) is 11.6. The third-order valence-corrected chi connectivity index (χ3v) is 3.55. The molecule has 0 bridgehead atoms. The summed E-state index contributed by atoms with van der Waals surface area (Å²) in [6.45, 7) is 1.96. The zero-order chi connectivity index (χ0) is 14.1. The third kappa shape index (κ3) is 2.11. The maximum absolute atomic E-state index is 12.4. The predicted octanol–water partition coefficient (Wildman–Crippen LogP) is 2.42. The predicted molar refractivity (Wildman–Crippen MR) is 76.7 cm³/mol. The quantitative estimate of drug-likeness (QED) is 0.739. The van der Waals surface area contributed by atoms with Crippen LogP contribution in [0.2, 0.25) is 0 Å². The number of benzene rings is 1. The first kappa shape index (κ1) is 12.6. The molecule has 0 atom stereocenters. The number of carbonyl (C=O) groups is 1. The number of H-pyrrole nitrogens is 1. The molecule has 20 heavy (non-hydrogen) atoms. The van der Waals surface area contributed by atoms with Crippen LogP contribution in [-0.2, 0) is 13.5 Å². The van der Waals surface area contributed by atoms with Crippen LogP contribution in [0.1, 0.15) is 28.3 Å². The SMILES string of the molecule is Cc1[nH]cnc1CCC(=O)c1nn(C)c2ccccc12. The summed E-state index contributed by atoms with van der Waals surface area (Å²) >= 11 is 0. The Kier molecular flexibility index (Phi) is 3.10. The van der Waals surface area contributed by atoms with E-state index in [0.29, 0.717) is 18.5 Å². The molecule has 0 amide bonds. The van der Waals surface area contributed by atoms with Crippen LogP contribution < -0.4 is 0 Å². The van der Waals surface area contributed by atoms with Crippen LogP contribution in [0, 0.1) is 6.92 Å². The van der Waals surface area contributed by atoms with Crippen LogP contribution in [-0.4, -0.2) is 25.5 Å². The molecule has 0 unspecified atom stereocenters. The molecule has 0 saturated heterocycles. The average Bonchev–Trinajstić information content (AvgIpc) is 3.01. The van der Waals surface area contributed by atoms with Crippen LogP contribution in [0.5, 0.6) is 0 Å². The summed E-state index contributed by atoms with van der Waals surface area (Å²) in [5.41, 5.74) is 3.49. The van der Waals surface area contributed by atoms with Gasteiger partial charge in [-0.3, -0.25) is 9.48 Å². The van der Waals surface area contributed by atoms with Gasteiger partial charge in [-0.2, -0.15) is 5.10 Å². The van der Waals surface area contributed by atoms with Crippen molar-refractivity contribution in [2.24, 2.45) is 7.05 Å². The van der Waals surface area contributed by atoms with Crippen molar-refractivity contribution in [3.05, 3.63) is 47.7 Å². The number of imidazole rings is 1. The van der Waals surface area contributed by atoms with Crippen LogP contribution in [0.15, 0.2) is 30.6 Å². The Hall–Kier alpha value is -2.43. The molecule has 3 aromatic rings. The average molecular weight is 268 g/mol. The number of para-hydroxylation sites is 1. The number of hydrogen-bond acceptors (Lipinski definition) is 3. The zero-order valence-electron chi connectivity index (χ0n) is 11.6. The highest BCUT2D eigenvalue weighted by atomic mass is 16.1. The fourth-order valence-electron chi connectivity index (χ4n) is 2.41. The van der Waals surface area contributed by atoms with Gasteiger partial charge in [-0.25, -0.2) is 4.98 Å². The number of ketones is 1. The van der Waals surface area contributed by atoms with Gasteiger partial charge in [0.1, 0.15) is 5.69 Å². The number of fused-ring (bicyclic) bond motifs is 1. The summed E-state index contributed by atoms with van der Waals surface area (Å²) in [5, 5.41) is 5.27. The van der Waals surface area contributed by atoms with Crippen molar-refractivity contribution in [3.8, 4) is 0 Å². The Balaban J connectivity index is 1.84. The fourth-order valence-corrected chi connectivity index (χ4v) is 2.41. The topological polar surface area (TPSA) is 63.6 Å². The van der Waals surface area contributed by atoms with Crippen LogP contribution in [0.3, 0.4) is 0 Å². The molecule has 0 radical (unpaired) electrons. The van der Waals surface area contributed by atoms with E-state index in [9.17, 15) is 4.79 Å². The lowest BCUT2D eigenvalue weighted by molar-refractivity contribution is 0.0978. The maximum atomic E-state index is 12.4. The van der Waals surface area contributed by atoms with E-state index in [4.69, 9.17) is 0 Å². The maximum Gasteiger partial charge on any atom is 0.184 e. The van der Waals surface area contributed by atoms with Gasteiger partial charge in [0.05, 0.1) is 17.5 Å².